The minimum absolute atomic E-state index is 0.0194. The first kappa shape index (κ1) is 27.8. The van der Waals surface area contributed by atoms with Gasteiger partial charge in [-0.1, -0.05) is 18.2 Å². The molecule has 0 saturated carbocycles. The van der Waals surface area contributed by atoms with Crippen molar-refractivity contribution in [3.63, 3.8) is 0 Å². The molecule has 1 aromatic heterocycles. The molecule has 0 atom stereocenters. The molecule has 0 unspecified atom stereocenters. The number of methoxy groups -OCH3 is 2. The van der Waals surface area contributed by atoms with Crippen molar-refractivity contribution in [1.29, 1.82) is 0 Å². The van der Waals surface area contributed by atoms with Gasteiger partial charge in [-0.25, -0.2) is 14.6 Å². The number of anilines is 1. The van der Waals surface area contributed by atoms with Crippen molar-refractivity contribution in [3.05, 3.63) is 75.4 Å². The number of carbonyl (C=O) groups excluding carboxylic acids is 3. The molecule has 4 rings (SSSR count). The van der Waals surface area contributed by atoms with Crippen LogP contribution in [0, 0.1) is 5.82 Å². The van der Waals surface area contributed by atoms with Gasteiger partial charge in [-0.2, -0.15) is 5.10 Å². The number of rotatable bonds is 8. The Kier molecular flexibility index (Phi) is 8.92. The van der Waals surface area contributed by atoms with Crippen LogP contribution in [0.2, 0.25) is 0 Å². The second-order valence-electron chi connectivity index (χ2n) is 8.74. The summed E-state index contributed by atoms with van der Waals surface area (Å²) in [6.07, 6.45) is 3.47. The molecule has 1 heterocycles. The summed E-state index contributed by atoms with van der Waals surface area (Å²) < 4.78 is 29.9. The number of halogens is 1. The molecule has 0 radical (unpaired) electrons. The fraction of sp³-hybridized carbons (Fsp3) is 0.286. The van der Waals surface area contributed by atoms with Gasteiger partial charge in [0, 0.05) is 16.0 Å². The highest BCUT2D eigenvalue weighted by atomic mass is 32.1. The number of hydrogen-bond donors (Lipinski definition) is 2. The van der Waals surface area contributed by atoms with Crippen LogP contribution in [0.3, 0.4) is 0 Å². The first-order valence-electron chi connectivity index (χ1n) is 12.3. The van der Waals surface area contributed by atoms with Crippen LogP contribution in [0.25, 0.3) is 0 Å². The van der Waals surface area contributed by atoms with Crippen LogP contribution in [-0.4, -0.2) is 37.7 Å². The van der Waals surface area contributed by atoms with E-state index in [1.807, 2.05) is 0 Å². The molecular formula is C28H28FN3O6S. The topological polar surface area (TPSA) is 115 Å². The third-order valence-electron chi connectivity index (χ3n) is 6.24. The highest BCUT2D eigenvalue weighted by molar-refractivity contribution is 7.17. The summed E-state index contributed by atoms with van der Waals surface area (Å²) in [5.74, 6) is -2.07. The summed E-state index contributed by atoms with van der Waals surface area (Å²) in [6, 6.07) is 11.3. The summed E-state index contributed by atoms with van der Waals surface area (Å²) >= 11 is 1.29. The lowest BCUT2D eigenvalue weighted by atomic mass is 9.95. The van der Waals surface area contributed by atoms with Crippen molar-refractivity contribution >= 4 is 39.8 Å². The van der Waals surface area contributed by atoms with Crippen molar-refractivity contribution in [2.75, 3.05) is 19.5 Å². The van der Waals surface area contributed by atoms with Crippen LogP contribution in [0.4, 0.5) is 9.39 Å². The molecular weight excluding hydrogens is 525 g/mol. The molecule has 0 fully saturated rings. The van der Waals surface area contributed by atoms with Gasteiger partial charge in [-0.3, -0.25) is 9.59 Å². The van der Waals surface area contributed by atoms with Crippen molar-refractivity contribution in [2.24, 2.45) is 5.10 Å². The van der Waals surface area contributed by atoms with Gasteiger partial charge in [0.25, 0.3) is 0 Å². The quantitative estimate of drug-likeness (QED) is 0.182. The molecule has 3 aromatic rings. The number of fused-ring (bicyclic) bond motifs is 1. The highest BCUT2D eigenvalue weighted by Gasteiger charge is 2.28. The lowest BCUT2D eigenvalue weighted by molar-refractivity contribution is -0.136. The van der Waals surface area contributed by atoms with E-state index in [-0.39, 0.29) is 12.4 Å². The number of esters is 1. The highest BCUT2D eigenvalue weighted by Crippen LogP contribution is 2.38. The molecule has 1 aliphatic carbocycles. The van der Waals surface area contributed by atoms with E-state index in [1.165, 1.54) is 31.6 Å². The van der Waals surface area contributed by atoms with Crippen molar-refractivity contribution in [3.8, 4) is 11.5 Å². The van der Waals surface area contributed by atoms with E-state index in [9.17, 15) is 18.8 Å². The van der Waals surface area contributed by atoms with E-state index < -0.39 is 17.8 Å². The molecule has 2 N–H and O–H groups in total. The van der Waals surface area contributed by atoms with Gasteiger partial charge in [-0.05, 0) is 62.4 Å². The number of benzene rings is 2. The van der Waals surface area contributed by atoms with E-state index in [2.05, 4.69) is 15.8 Å². The lowest BCUT2D eigenvalue weighted by Gasteiger charge is -2.13. The number of ether oxygens (including phenoxy) is 3. The summed E-state index contributed by atoms with van der Waals surface area (Å²) in [4.78, 5) is 38.5. The second-order valence-corrected chi connectivity index (χ2v) is 9.85. The van der Waals surface area contributed by atoms with Crippen LogP contribution < -0.4 is 20.2 Å². The van der Waals surface area contributed by atoms with E-state index in [0.717, 1.165) is 36.1 Å². The number of hydrazone groups is 1. The first-order chi connectivity index (χ1) is 18.8. The zero-order valence-electron chi connectivity index (χ0n) is 21.8. The molecule has 1 aliphatic rings. The van der Waals surface area contributed by atoms with Crippen molar-refractivity contribution < 1.29 is 33.0 Å². The van der Waals surface area contributed by atoms with Gasteiger partial charge in [0.1, 0.15) is 17.4 Å². The molecule has 2 amide bonds. The van der Waals surface area contributed by atoms with Crippen LogP contribution in [0.1, 0.15) is 51.7 Å². The molecule has 2 aromatic carbocycles. The van der Waals surface area contributed by atoms with Crippen LogP contribution in [-0.2, 0) is 33.8 Å². The number of hydrogen-bond acceptors (Lipinski definition) is 8. The SMILES string of the molecule is COC(=O)c1c(NC(=O)C(=O)N/N=C(\C)c2ccc(OCc3ccccc3F)c(OC)c2)sc2c1CCCC2. The zero-order valence-corrected chi connectivity index (χ0v) is 22.6. The molecule has 39 heavy (non-hydrogen) atoms. The van der Waals surface area contributed by atoms with Gasteiger partial charge in [0.05, 0.1) is 25.5 Å². The summed E-state index contributed by atoms with van der Waals surface area (Å²) in [6.45, 7) is 1.67. The Morgan fingerprint density at radius 1 is 1.03 bits per heavy atom. The normalized spacial score (nSPS) is 12.8. The number of aryl methyl sites for hydroxylation is 1. The Labute approximate surface area is 229 Å². The maximum atomic E-state index is 13.9. The van der Waals surface area contributed by atoms with Crippen LogP contribution >= 0.6 is 11.3 Å². The Morgan fingerprint density at radius 3 is 2.54 bits per heavy atom. The second kappa shape index (κ2) is 12.5. The average molecular weight is 554 g/mol. The average Bonchev–Trinajstić information content (AvgIpc) is 3.32. The minimum atomic E-state index is -0.992. The van der Waals surface area contributed by atoms with Gasteiger partial charge < -0.3 is 19.5 Å². The zero-order chi connectivity index (χ0) is 27.9. The van der Waals surface area contributed by atoms with Crippen molar-refractivity contribution in [2.45, 2.75) is 39.2 Å². The standard InChI is InChI=1S/C28H28FN3O6S/c1-16(17-12-13-21(22(14-17)36-2)38-15-18-8-4-6-10-20(18)29)31-32-26(34)25(33)30-27-24(28(35)37-3)19-9-5-7-11-23(19)39-27/h4,6,8,10,12-14H,5,7,9,11,15H2,1-3H3,(H,30,33)(H,32,34)/b31-16+. The number of amides is 2. The monoisotopic (exact) mass is 553 g/mol. The summed E-state index contributed by atoms with van der Waals surface area (Å²) in [5.41, 5.74) is 4.83. The summed E-state index contributed by atoms with van der Waals surface area (Å²) in [5, 5.41) is 6.86. The fourth-order valence-electron chi connectivity index (χ4n) is 4.16. The third-order valence-corrected chi connectivity index (χ3v) is 7.45. The van der Waals surface area contributed by atoms with E-state index in [4.69, 9.17) is 14.2 Å². The first-order valence-corrected chi connectivity index (χ1v) is 13.1. The van der Waals surface area contributed by atoms with Gasteiger partial charge >= 0.3 is 17.8 Å². The third kappa shape index (κ3) is 6.43. The Balaban J connectivity index is 1.41. The maximum absolute atomic E-state index is 13.9. The number of thiophene rings is 1. The lowest BCUT2D eigenvalue weighted by Crippen LogP contribution is -2.33. The largest absolute Gasteiger partial charge is 0.493 e. The predicted octanol–water partition coefficient (Wildman–Crippen LogP) is 4.62. The molecule has 0 saturated heterocycles. The number of nitrogens with one attached hydrogen (secondary N) is 2. The van der Waals surface area contributed by atoms with Gasteiger partial charge in [0.15, 0.2) is 11.5 Å². The molecule has 9 nitrogen and oxygen atoms in total. The number of nitrogens with zero attached hydrogens (tertiary/aromatic N) is 1. The van der Waals surface area contributed by atoms with Gasteiger partial charge in [0.2, 0.25) is 0 Å². The van der Waals surface area contributed by atoms with E-state index in [0.29, 0.717) is 38.9 Å². The van der Waals surface area contributed by atoms with Crippen LogP contribution in [0.15, 0.2) is 47.6 Å². The number of carbonyl (C=O) groups is 3. The molecule has 204 valence electrons. The molecule has 11 heteroatoms. The molecule has 0 spiro atoms. The maximum Gasteiger partial charge on any atom is 0.341 e. The predicted molar refractivity (Wildman–Crippen MR) is 145 cm³/mol. The Bertz CT molecular complexity index is 1430. The fourth-order valence-corrected chi connectivity index (χ4v) is 5.44. The summed E-state index contributed by atoms with van der Waals surface area (Å²) in [7, 11) is 2.75. The molecule has 0 aliphatic heterocycles. The Morgan fingerprint density at radius 2 is 1.79 bits per heavy atom. The van der Waals surface area contributed by atoms with Gasteiger partial charge in [-0.15, -0.1) is 11.3 Å². The van der Waals surface area contributed by atoms with E-state index >= 15 is 0 Å². The van der Waals surface area contributed by atoms with Crippen LogP contribution in [0.5, 0.6) is 11.5 Å². The van der Waals surface area contributed by atoms with Crippen molar-refractivity contribution in [1.82, 2.24) is 5.43 Å². The minimum Gasteiger partial charge on any atom is -0.493 e. The Hall–Kier alpha value is -4.25. The smallest absolute Gasteiger partial charge is 0.341 e. The molecule has 0 bridgehead atoms. The van der Waals surface area contributed by atoms with E-state index in [1.54, 1.807) is 43.3 Å².